The van der Waals surface area contributed by atoms with E-state index in [2.05, 4.69) is 19.0 Å². The van der Waals surface area contributed by atoms with Crippen LogP contribution in [0, 0.1) is 0 Å². The minimum absolute atomic E-state index is 0.244. The molecule has 0 unspecified atom stereocenters. The minimum Gasteiger partial charge on any atom is -0.273 e. The molecule has 0 radical (unpaired) electrons. The van der Waals surface area contributed by atoms with Gasteiger partial charge in [0, 0.05) is 5.57 Å². The highest BCUT2D eigenvalue weighted by Gasteiger charge is 1.99. The van der Waals surface area contributed by atoms with Crippen molar-refractivity contribution in [3.05, 3.63) is 12.2 Å². The number of hydrogen-bond donors (Lipinski definition) is 1. The molecule has 1 N–H and O–H groups in total. The maximum Gasteiger partial charge on any atom is 0.269 e. The predicted molar refractivity (Wildman–Crippen MR) is 48.4 cm³/mol. The van der Waals surface area contributed by atoms with Crippen molar-refractivity contribution >= 4 is 5.91 Å². The first-order valence-electron chi connectivity index (χ1n) is 4.26. The molecule has 0 aromatic rings. The Hall–Kier alpha value is -0.830. The third kappa shape index (κ3) is 5.92. The fourth-order valence-electron chi connectivity index (χ4n) is 0.628. The van der Waals surface area contributed by atoms with Gasteiger partial charge in [0.25, 0.3) is 5.91 Å². The third-order valence-corrected chi connectivity index (χ3v) is 1.40. The molecule has 0 bridgehead atoms. The van der Waals surface area contributed by atoms with Crippen LogP contribution >= 0.6 is 0 Å². The molecule has 0 aliphatic heterocycles. The van der Waals surface area contributed by atoms with Crippen molar-refractivity contribution in [1.29, 1.82) is 0 Å². The van der Waals surface area contributed by atoms with Gasteiger partial charge in [-0.1, -0.05) is 26.3 Å². The van der Waals surface area contributed by atoms with Gasteiger partial charge in [-0.2, -0.15) is 0 Å². The van der Waals surface area contributed by atoms with Gasteiger partial charge in [-0.3, -0.25) is 9.63 Å². The lowest BCUT2D eigenvalue weighted by molar-refractivity contribution is -0.129. The largest absolute Gasteiger partial charge is 0.273 e. The van der Waals surface area contributed by atoms with Crippen LogP contribution in [0.5, 0.6) is 0 Å². The van der Waals surface area contributed by atoms with E-state index in [1.807, 2.05) is 0 Å². The molecule has 0 aliphatic rings. The van der Waals surface area contributed by atoms with E-state index in [0.717, 1.165) is 19.3 Å². The van der Waals surface area contributed by atoms with E-state index in [1.165, 1.54) is 0 Å². The Kier molecular flexibility index (Phi) is 6.38. The number of rotatable bonds is 6. The molecule has 0 atom stereocenters. The summed E-state index contributed by atoms with van der Waals surface area (Å²) in [6, 6.07) is 0. The van der Waals surface area contributed by atoms with Crippen LogP contribution < -0.4 is 5.48 Å². The SMILES string of the molecule is C=C(C)C(=O)NOCCCCC. The number of hydroxylamine groups is 1. The van der Waals surface area contributed by atoms with Crippen molar-refractivity contribution in [2.45, 2.75) is 33.1 Å². The summed E-state index contributed by atoms with van der Waals surface area (Å²) in [6.45, 7) is 7.82. The van der Waals surface area contributed by atoms with Crippen LogP contribution in [0.1, 0.15) is 33.1 Å². The first kappa shape index (κ1) is 11.2. The molecule has 3 heteroatoms. The van der Waals surface area contributed by atoms with E-state index < -0.39 is 0 Å². The fourth-order valence-corrected chi connectivity index (χ4v) is 0.628. The molecule has 70 valence electrons. The smallest absolute Gasteiger partial charge is 0.269 e. The lowest BCUT2D eigenvalue weighted by Gasteiger charge is -2.04. The Morgan fingerprint density at radius 3 is 2.67 bits per heavy atom. The van der Waals surface area contributed by atoms with Crippen molar-refractivity contribution in [2.24, 2.45) is 0 Å². The number of hydrogen-bond acceptors (Lipinski definition) is 2. The van der Waals surface area contributed by atoms with Crippen molar-refractivity contribution in [3.63, 3.8) is 0 Å². The normalized spacial score (nSPS) is 9.50. The molecule has 0 aromatic carbocycles. The second-order valence-electron chi connectivity index (χ2n) is 2.77. The van der Waals surface area contributed by atoms with Crippen LogP contribution in [0.2, 0.25) is 0 Å². The Bertz CT molecular complexity index is 155. The van der Waals surface area contributed by atoms with Gasteiger partial charge in [-0.25, -0.2) is 5.48 Å². The predicted octanol–water partition coefficient (Wildman–Crippen LogP) is 1.80. The summed E-state index contributed by atoms with van der Waals surface area (Å²) in [5, 5.41) is 0. The highest BCUT2D eigenvalue weighted by molar-refractivity contribution is 5.91. The molecule has 0 fully saturated rings. The monoisotopic (exact) mass is 171 g/mol. The van der Waals surface area contributed by atoms with Crippen LogP contribution in [0.25, 0.3) is 0 Å². The molecular formula is C9H17NO2. The first-order valence-corrected chi connectivity index (χ1v) is 4.26. The van der Waals surface area contributed by atoms with Gasteiger partial charge in [0.15, 0.2) is 0 Å². The number of carbonyl (C=O) groups is 1. The van der Waals surface area contributed by atoms with E-state index in [9.17, 15) is 4.79 Å². The molecule has 1 amide bonds. The average Bonchev–Trinajstić information content (AvgIpc) is 2.03. The Morgan fingerprint density at radius 1 is 1.50 bits per heavy atom. The quantitative estimate of drug-likeness (QED) is 0.376. The number of carbonyl (C=O) groups excluding carboxylic acids is 1. The number of unbranched alkanes of at least 4 members (excludes halogenated alkanes) is 2. The van der Waals surface area contributed by atoms with Crippen LogP contribution in [-0.2, 0) is 9.63 Å². The molecule has 0 saturated carbocycles. The first-order chi connectivity index (χ1) is 5.68. The van der Waals surface area contributed by atoms with Gasteiger partial charge in [-0.05, 0) is 13.3 Å². The summed E-state index contributed by atoms with van der Waals surface area (Å²) in [5.74, 6) is -0.244. The second kappa shape index (κ2) is 6.85. The summed E-state index contributed by atoms with van der Waals surface area (Å²) in [5.41, 5.74) is 2.77. The molecular weight excluding hydrogens is 154 g/mol. The molecule has 0 rings (SSSR count). The van der Waals surface area contributed by atoms with Crippen LogP contribution in [-0.4, -0.2) is 12.5 Å². The molecule has 0 aromatic heterocycles. The van der Waals surface area contributed by atoms with E-state index in [1.54, 1.807) is 6.92 Å². The van der Waals surface area contributed by atoms with E-state index in [0.29, 0.717) is 12.2 Å². The van der Waals surface area contributed by atoms with Crippen LogP contribution in [0.3, 0.4) is 0 Å². The summed E-state index contributed by atoms with van der Waals surface area (Å²) >= 11 is 0. The average molecular weight is 171 g/mol. The summed E-state index contributed by atoms with van der Waals surface area (Å²) in [6.07, 6.45) is 3.26. The van der Waals surface area contributed by atoms with Crippen molar-refractivity contribution in [3.8, 4) is 0 Å². The van der Waals surface area contributed by atoms with Gasteiger partial charge < -0.3 is 0 Å². The molecule has 0 aliphatic carbocycles. The summed E-state index contributed by atoms with van der Waals surface area (Å²) in [7, 11) is 0. The van der Waals surface area contributed by atoms with E-state index >= 15 is 0 Å². The van der Waals surface area contributed by atoms with Gasteiger partial charge in [0.1, 0.15) is 0 Å². The topological polar surface area (TPSA) is 38.3 Å². The van der Waals surface area contributed by atoms with Gasteiger partial charge in [-0.15, -0.1) is 0 Å². The standard InChI is InChI=1S/C9H17NO2/c1-4-5-6-7-12-10-9(11)8(2)3/h2,4-7H2,1,3H3,(H,10,11). The molecule has 0 spiro atoms. The minimum atomic E-state index is -0.244. The zero-order valence-corrected chi connectivity index (χ0v) is 7.85. The van der Waals surface area contributed by atoms with Crippen LogP contribution in [0.15, 0.2) is 12.2 Å². The lowest BCUT2D eigenvalue weighted by Crippen LogP contribution is -2.24. The summed E-state index contributed by atoms with van der Waals surface area (Å²) in [4.78, 5) is 15.7. The number of nitrogens with one attached hydrogen (secondary N) is 1. The third-order valence-electron chi connectivity index (χ3n) is 1.40. The lowest BCUT2D eigenvalue weighted by atomic mass is 10.3. The Balaban J connectivity index is 3.20. The molecule has 0 saturated heterocycles. The summed E-state index contributed by atoms with van der Waals surface area (Å²) < 4.78 is 0. The molecule has 12 heavy (non-hydrogen) atoms. The maximum absolute atomic E-state index is 10.8. The Labute approximate surface area is 73.7 Å². The zero-order chi connectivity index (χ0) is 9.40. The highest BCUT2D eigenvalue weighted by atomic mass is 16.6. The van der Waals surface area contributed by atoms with Gasteiger partial charge in [0.2, 0.25) is 0 Å². The van der Waals surface area contributed by atoms with Crippen molar-refractivity contribution < 1.29 is 9.63 Å². The second-order valence-corrected chi connectivity index (χ2v) is 2.77. The van der Waals surface area contributed by atoms with Gasteiger partial charge in [0.05, 0.1) is 6.61 Å². The molecule has 0 heterocycles. The van der Waals surface area contributed by atoms with Crippen molar-refractivity contribution in [1.82, 2.24) is 5.48 Å². The van der Waals surface area contributed by atoms with Crippen molar-refractivity contribution in [2.75, 3.05) is 6.61 Å². The van der Waals surface area contributed by atoms with Crippen LogP contribution in [0.4, 0.5) is 0 Å². The Morgan fingerprint density at radius 2 is 2.17 bits per heavy atom. The van der Waals surface area contributed by atoms with Gasteiger partial charge >= 0.3 is 0 Å². The van der Waals surface area contributed by atoms with E-state index in [4.69, 9.17) is 4.84 Å². The molecule has 3 nitrogen and oxygen atoms in total. The highest BCUT2D eigenvalue weighted by Crippen LogP contribution is 1.93. The maximum atomic E-state index is 10.8. The zero-order valence-electron chi connectivity index (χ0n) is 7.85. The van der Waals surface area contributed by atoms with E-state index in [-0.39, 0.29) is 5.91 Å². The number of amides is 1. The fraction of sp³-hybridized carbons (Fsp3) is 0.667.